The van der Waals surface area contributed by atoms with Crippen molar-refractivity contribution >= 4 is 0 Å². The second-order valence-corrected chi connectivity index (χ2v) is 5.01. The smallest absolute Gasteiger partial charge is 0.162 e. The first-order valence-electron chi connectivity index (χ1n) is 6.50. The van der Waals surface area contributed by atoms with Crippen LogP contribution >= 0.6 is 0 Å². The summed E-state index contributed by atoms with van der Waals surface area (Å²) in [6.45, 7) is 1.57. The number of hydrogen-bond acceptors (Lipinski definition) is 3. The number of fused-ring (bicyclic) bond motifs is 1. The Morgan fingerprint density at radius 3 is 2.90 bits per heavy atom. The summed E-state index contributed by atoms with van der Waals surface area (Å²) >= 11 is 0. The molecule has 2 heterocycles. The molecular formula is C15H15F2NO2. The summed E-state index contributed by atoms with van der Waals surface area (Å²) in [5, 5.41) is 0. The van der Waals surface area contributed by atoms with Crippen LogP contribution in [0.2, 0.25) is 0 Å². The highest BCUT2D eigenvalue weighted by Gasteiger charge is 2.24. The third-order valence-electron chi connectivity index (χ3n) is 3.48. The summed E-state index contributed by atoms with van der Waals surface area (Å²) in [7, 11) is 2.01. The number of hydrogen-bond donors (Lipinski definition) is 0. The maximum absolute atomic E-state index is 13.2. The zero-order chi connectivity index (χ0) is 14.1. The lowest BCUT2D eigenvalue weighted by Crippen LogP contribution is -2.18. The summed E-state index contributed by atoms with van der Waals surface area (Å²) in [5.74, 6) is -0.592. The van der Waals surface area contributed by atoms with Gasteiger partial charge in [-0.2, -0.15) is 0 Å². The Balaban J connectivity index is 1.85. The van der Waals surface area contributed by atoms with Crippen LogP contribution in [0, 0.1) is 11.6 Å². The number of nitrogens with zero attached hydrogens (tertiary/aromatic N) is 1. The number of rotatable bonds is 2. The number of furan rings is 1. The van der Waals surface area contributed by atoms with Crippen LogP contribution in [0.1, 0.15) is 23.8 Å². The van der Waals surface area contributed by atoms with Crippen molar-refractivity contribution in [3.8, 4) is 5.75 Å². The highest BCUT2D eigenvalue weighted by atomic mass is 19.2. The van der Waals surface area contributed by atoms with Crippen molar-refractivity contribution < 1.29 is 17.9 Å². The molecule has 1 atom stereocenters. The van der Waals surface area contributed by atoms with E-state index in [0.717, 1.165) is 43.0 Å². The van der Waals surface area contributed by atoms with Crippen LogP contribution in [-0.4, -0.2) is 18.5 Å². The zero-order valence-electron chi connectivity index (χ0n) is 11.1. The van der Waals surface area contributed by atoms with Gasteiger partial charge in [0.15, 0.2) is 11.6 Å². The molecule has 0 radical (unpaired) electrons. The number of halogens is 2. The van der Waals surface area contributed by atoms with E-state index in [1.165, 1.54) is 6.07 Å². The molecule has 0 fully saturated rings. The molecule has 0 amide bonds. The third kappa shape index (κ3) is 2.54. The third-order valence-corrected chi connectivity index (χ3v) is 3.48. The van der Waals surface area contributed by atoms with E-state index in [0.29, 0.717) is 5.75 Å². The lowest BCUT2D eigenvalue weighted by Gasteiger charge is -2.18. The molecule has 3 rings (SSSR count). The van der Waals surface area contributed by atoms with Crippen molar-refractivity contribution in [2.45, 2.75) is 19.1 Å². The predicted octanol–water partition coefficient (Wildman–Crippen LogP) is 3.51. The van der Waals surface area contributed by atoms with Crippen LogP contribution in [-0.2, 0) is 6.54 Å². The molecule has 2 aromatic rings. The average molecular weight is 279 g/mol. The van der Waals surface area contributed by atoms with E-state index in [4.69, 9.17) is 9.15 Å². The molecule has 1 aromatic carbocycles. The molecule has 0 N–H and O–H groups in total. The normalized spacial score (nSPS) is 19.4. The lowest BCUT2D eigenvalue weighted by molar-refractivity contribution is 0.181. The van der Waals surface area contributed by atoms with Crippen molar-refractivity contribution in [2.24, 2.45) is 0 Å². The van der Waals surface area contributed by atoms with E-state index in [2.05, 4.69) is 4.90 Å². The Labute approximate surface area is 115 Å². The molecule has 0 saturated heterocycles. The fourth-order valence-corrected chi connectivity index (χ4v) is 2.42. The van der Waals surface area contributed by atoms with Gasteiger partial charge in [0.2, 0.25) is 0 Å². The molecule has 0 spiro atoms. The van der Waals surface area contributed by atoms with E-state index in [1.54, 1.807) is 6.26 Å². The van der Waals surface area contributed by atoms with Crippen molar-refractivity contribution in [2.75, 3.05) is 13.6 Å². The van der Waals surface area contributed by atoms with E-state index in [1.807, 2.05) is 13.1 Å². The van der Waals surface area contributed by atoms with Gasteiger partial charge in [-0.3, -0.25) is 4.90 Å². The fraction of sp³-hybridized carbons (Fsp3) is 0.333. The molecular weight excluding hydrogens is 264 g/mol. The number of benzene rings is 1. The maximum Gasteiger partial charge on any atom is 0.162 e. The molecule has 20 heavy (non-hydrogen) atoms. The van der Waals surface area contributed by atoms with Gasteiger partial charge in [-0.15, -0.1) is 0 Å². The van der Waals surface area contributed by atoms with Crippen molar-refractivity contribution in [3.05, 3.63) is 53.5 Å². The Morgan fingerprint density at radius 2 is 2.10 bits per heavy atom. The van der Waals surface area contributed by atoms with Crippen LogP contribution in [0.15, 0.2) is 34.9 Å². The SMILES string of the molecule is CN1CCC(Oc2ccc(F)c(F)c2)c2ccoc2C1. The first-order valence-corrected chi connectivity index (χ1v) is 6.50. The minimum absolute atomic E-state index is 0.210. The lowest BCUT2D eigenvalue weighted by atomic mass is 10.1. The Hall–Kier alpha value is -1.88. The molecule has 0 aliphatic carbocycles. The Kier molecular flexibility index (Phi) is 3.44. The summed E-state index contributed by atoms with van der Waals surface area (Å²) in [5.41, 5.74) is 0.971. The topological polar surface area (TPSA) is 25.6 Å². The largest absolute Gasteiger partial charge is 0.485 e. The summed E-state index contributed by atoms with van der Waals surface area (Å²) < 4.78 is 37.4. The number of ether oxygens (including phenoxy) is 1. The predicted molar refractivity (Wildman–Crippen MR) is 69.4 cm³/mol. The van der Waals surface area contributed by atoms with Gasteiger partial charge in [0.1, 0.15) is 17.6 Å². The fourth-order valence-electron chi connectivity index (χ4n) is 2.42. The highest BCUT2D eigenvalue weighted by molar-refractivity contribution is 5.27. The van der Waals surface area contributed by atoms with Crippen LogP contribution in [0.4, 0.5) is 8.78 Å². The average Bonchev–Trinajstić information content (AvgIpc) is 2.81. The zero-order valence-corrected chi connectivity index (χ0v) is 11.1. The molecule has 5 heteroatoms. The summed E-state index contributed by atoms with van der Waals surface area (Å²) in [4.78, 5) is 2.14. The highest BCUT2D eigenvalue weighted by Crippen LogP contribution is 2.31. The van der Waals surface area contributed by atoms with Gasteiger partial charge in [-0.25, -0.2) is 8.78 Å². The van der Waals surface area contributed by atoms with Gasteiger partial charge in [0.25, 0.3) is 0 Å². The second kappa shape index (κ2) is 5.25. The van der Waals surface area contributed by atoms with Crippen molar-refractivity contribution in [1.29, 1.82) is 0 Å². The molecule has 1 aliphatic rings. The first-order chi connectivity index (χ1) is 9.63. The Bertz CT molecular complexity index is 612. The van der Waals surface area contributed by atoms with E-state index < -0.39 is 11.6 Å². The molecule has 1 aliphatic heterocycles. The van der Waals surface area contributed by atoms with Gasteiger partial charge in [-0.1, -0.05) is 0 Å². The first kappa shape index (κ1) is 13.1. The van der Waals surface area contributed by atoms with E-state index >= 15 is 0 Å². The van der Waals surface area contributed by atoms with Crippen LogP contribution in [0.5, 0.6) is 5.75 Å². The summed E-state index contributed by atoms with van der Waals surface area (Å²) in [6.07, 6.45) is 2.19. The minimum atomic E-state index is -0.902. The van der Waals surface area contributed by atoms with E-state index in [9.17, 15) is 8.78 Å². The molecule has 106 valence electrons. The van der Waals surface area contributed by atoms with Crippen LogP contribution < -0.4 is 4.74 Å². The molecule has 0 saturated carbocycles. The maximum atomic E-state index is 13.2. The van der Waals surface area contributed by atoms with Crippen molar-refractivity contribution in [3.63, 3.8) is 0 Å². The molecule has 0 bridgehead atoms. The van der Waals surface area contributed by atoms with Gasteiger partial charge >= 0.3 is 0 Å². The minimum Gasteiger partial charge on any atom is -0.485 e. The standard InChI is InChI=1S/C15H15F2NO2/c1-18-6-4-14(11-5-7-19-15(11)9-18)20-10-2-3-12(16)13(17)8-10/h2-3,5,7-8,14H,4,6,9H2,1H3. The van der Waals surface area contributed by atoms with Gasteiger partial charge in [-0.05, 0) is 25.2 Å². The van der Waals surface area contributed by atoms with Gasteiger partial charge in [0.05, 0.1) is 12.8 Å². The van der Waals surface area contributed by atoms with E-state index in [-0.39, 0.29) is 6.10 Å². The van der Waals surface area contributed by atoms with Gasteiger partial charge in [0, 0.05) is 24.6 Å². The van der Waals surface area contributed by atoms with Crippen molar-refractivity contribution in [1.82, 2.24) is 4.90 Å². The van der Waals surface area contributed by atoms with Crippen LogP contribution in [0.3, 0.4) is 0 Å². The quantitative estimate of drug-likeness (QED) is 0.841. The monoisotopic (exact) mass is 279 g/mol. The van der Waals surface area contributed by atoms with Crippen LogP contribution in [0.25, 0.3) is 0 Å². The molecule has 1 unspecified atom stereocenters. The van der Waals surface area contributed by atoms with Gasteiger partial charge < -0.3 is 9.15 Å². The second-order valence-electron chi connectivity index (χ2n) is 5.01. The molecule has 3 nitrogen and oxygen atoms in total. The molecule has 1 aromatic heterocycles. The Morgan fingerprint density at radius 1 is 1.25 bits per heavy atom. The summed E-state index contributed by atoms with van der Waals surface area (Å²) in [6, 6.07) is 5.46.